The van der Waals surface area contributed by atoms with Crippen LogP contribution in [0.5, 0.6) is 0 Å². The number of amides is 2. The third-order valence-electron chi connectivity index (χ3n) is 4.99. The molecule has 0 bridgehead atoms. The van der Waals surface area contributed by atoms with Crippen molar-refractivity contribution in [2.24, 2.45) is 10.8 Å². The fraction of sp³-hybridized carbons (Fsp3) is 0.867. The average molecular weight is 313 g/mol. The summed E-state index contributed by atoms with van der Waals surface area (Å²) in [5.41, 5.74) is 5.52. The SMILES string of the molecule is COC(=O)NNC1CCC2(CC1)CN(C(=O)O)C2C(C)(C)C. The minimum Gasteiger partial charge on any atom is -0.465 e. The Kier molecular flexibility index (Phi) is 4.56. The van der Waals surface area contributed by atoms with E-state index in [1.165, 1.54) is 7.11 Å². The fourth-order valence-corrected chi connectivity index (χ4v) is 4.28. The second-order valence-electron chi connectivity index (χ2n) is 7.58. The lowest BCUT2D eigenvalue weighted by Crippen LogP contribution is -2.71. The molecule has 126 valence electrons. The largest absolute Gasteiger partial charge is 0.465 e. The number of nitrogens with zero attached hydrogens (tertiary/aromatic N) is 1. The lowest BCUT2D eigenvalue weighted by atomic mass is 9.55. The maximum Gasteiger partial charge on any atom is 0.421 e. The summed E-state index contributed by atoms with van der Waals surface area (Å²) in [6.45, 7) is 6.95. The zero-order chi connectivity index (χ0) is 16.5. The van der Waals surface area contributed by atoms with Crippen LogP contribution in [0, 0.1) is 10.8 Å². The summed E-state index contributed by atoms with van der Waals surface area (Å²) < 4.78 is 4.53. The summed E-state index contributed by atoms with van der Waals surface area (Å²) >= 11 is 0. The van der Waals surface area contributed by atoms with Gasteiger partial charge in [-0.3, -0.25) is 5.43 Å². The molecule has 22 heavy (non-hydrogen) atoms. The van der Waals surface area contributed by atoms with E-state index in [0.29, 0.717) is 6.54 Å². The van der Waals surface area contributed by atoms with Crippen LogP contribution in [-0.2, 0) is 4.74 Å². The van der Waals surface area contributed by atoms with E-state index in [1.54, 1.807) is 4.90 Å². The highest BCUT2D eigenvalue weighted by molar-refractivity contribution is 5.67. The topological polar surface area (TPSA) is 90.9 Å². The molecule has 2 rings (SSSR count). The molecule has 1 saturated carbocycles. The quantitative estimate of drug-likeness (QED) is 0.680. The van der Waals surface area contributed by atoms with Crippen LogP contribution >= 0.6 is 0 Å². The van der Waals surface area contributed by atoms with Gasteiger partial charge in [-0.15, -0.1) is 0 Å². The van der Waals surface area contributed by atoms with Crippen molar-refractivity contribution < 1.29 is 19.4 Å². The third-order valence-corrected chi connectivity index (χ3v) is 4.99. The number of carbonyl (C=O) groups excluding carboxylic acids is 1. The summed E-state index contributed by atoms with van der Waals surface area (Å²) in [7, 11) is 1.33. The number of carboxylic acid groups (broad SMARTS) is 1. The Morgan fingerprint density at radius 3 is 2.32 bits per heavy atom. The molecule has 1 heterocycles. The molecule has 0 radical (unpaired) electrons. The van der Waals surface area contributed by atoms with Gasteiger partial charge < -0.3 is 14.7 Å². The van der Waals surface area contributed by atoms with Gasteiger partial charge in [0.05, 0.1) is 7.11 Å². The van der Waals surface area contributed by atoms with Gasteiger partial charge in [0.2, 0.25) is 0 Å². The maximum atomic E-state index is 11.4. The first-order valence-corrected chi connectivity index (χ1v) is 7.79. The van der Waals surface area contributed by atoms with Gasteiger partial charge in [-0.05, 0) is 31.1 Å². The van der Waals surface area contributed by atoms with Crippen LogP contribution in [0.3, 0.4) is 0 Å². The average Bonchev–Trinajstić information content (AvgIpc) is 2.41. The fourth-order valence-electron chi connectivity index (χ4n) is 4.28. The second-order valence-corrected chi connectivity index (χ2v) is 7.58. The van der Waals surface area contributed by atoms with Gasteiger partial charge in [0, 0.05) is 24.0 Å². The Morgan fingerprint density at radius 2 is 1.86 bits per heavy atom. The molecular formula is C15H27N3O4. The molecule has 7 nitrogen and oxygen atoms in total. The van der Waals surface area contributed by atoms with Crippen molar-refractivity contribution in [3.05, 3.63) is 0 Å². The molecule has 1 unspecified atom stereocenters. The highest BCUT2D eigenvalue weighted by Gasteiger charge is 2.59. The number of hydrogen-bond donors (Lipinski definition) is 3. The van der Waals surface area contributed by atoms with Gasteiger partial charge >= 0.3 is 12.2 Å². The molecule has 0 aromatic rings. The van der Waals surface area contributed by atoms with Crippen molar-refractivity contribution in [3.8, 4) is 0 Å². The Bertz CT molecular complexity index is 439. The molecule has 1 atom stereocenters. The number of nitrogens with one attached hydrogen (secondary N) is 2. The van der Waals surface area contributed by atoms with Crippen LogP contribution in [-0.4, -0.2) is 47.9 Å². The van der Waals surface area contributed by atoms with Crippen LogP contribution in [0.2, 0.25) is 0 Å². The molecule has 1 aliphatic heterocycles. The Morgan fingerprint density at radius 1 is 1.27 bits per heavy atom. The van der Waals surface area contributed by atoms with E-state index in [-0.39, 0.29) is 22.9 Å². The number of carbonyl (C=O) groups is 2. The van der Waals surface area contributed by atoms with E-state index in [2.05, 4.69) is 36.4 Å². The van der Waals surface area contributed by atoms with E-state index >= 15 is 0 Å². The van der Waals surface area contributed by atoms with Crippen LogP contribution < -0.4 is 10.9 Å². The molecule has 0 aromatic heterocycles. The first kappa shape index (κ1) is 16.9. The molecule has 2 aliphatic rings. The molecule has 3 N–H and O–H groups in total. The van der Waals surface area contributed by atoms with Crippen molar-refractivity contribution in [2.75, 3.05) is 13.7 Å². The number of likely N-dealkylation sites (tertiary alicyclic amines) is 1. The van der Waals surface area contributed by atoms with Gasteiger partial charge in [0.25, 0.3) is 0 Å². The van der Waals surface area contributed by atoms with Crippen molar-refractivity contribution >= 4 is 12.2 Å². The van der Waals surface area contributed by atoms with Gasteiger partial charge in [0.1, 0.15) is 0 Å². The predicted molar refractivity (Wildman–Crippen MR) is 81.3 cm³/mol. The summed E-state index contributed by atoms with van der Waals surface area (Å²) in [4.78, 5) is 24.1. The molecule has 7 heteroatoms. The summed E-state index contributed by atoms with van der Waals surface area (Å²) in [6, 6.07) is 0.274. The van der Waals surface area contributed by atoms with Crippen molar-refractivity contribution in [1.29, 1.82) is 0 Å². The lowest BCUT2D eigenvalue weighted by Gasteiger charge is -2.63. The van der Waals surface area contributed by atoms with Crippen LogP contribution in [0.15, 0.2) is 0 Å². The van der Waals surface area contributed by atoms with Crippen LogP contribution in [0.4, 0.5) is 9.59 Å². The Hall–Kier alpha value is -1.50. The molecule has 2 fully saturated rings. The number of hydrazine groups is 1. The van der Waals surface area contributed by atoms with Gasteiger partial charge in [-0.1, -0.05) is 20.8 Å². The number of ether oxygens (including phenoxy) is 1. The number of methoxy groups -OCH3 is 1. The van der Waals surface area contributed by atoms with E-state index in [0.717, 1.165) is 25.7 Å². The third kappa shape index (κ3) is 3.14. The smallest absolute Gasteiger partial charge is 0.421 e. The van der Waals surface area contributed by atoms with Gasteiger partial charge in [-0.25, -0.2) is 15.0 Å². The van der Waals surface area contributed by atoms with Crippen LogP contribution in [0.1, 0.15) is 46.5 Å². The second kappa shape index (κ2) is 5.95. The Balaban J connectivity index is 1.94. The minimum absolute atomic E-state index is 0.0621. The number of rotatable bonds is 2. The summed E-state index contributed by atoms with van der Waals surface area (Å²) in [6.07, 6.45) is 2.47. The van der Waals surface area contributed by atoms with E-state index in [9.17, 15) is 14.7 Å². The number of hydrogen-bond acceptors (Lipinski definition) is 4. The molecule has 1 aliphatic carbocycles. The minimum atomic E-state index is -0.821. The standard InChI is InChI=1S/C15H27N3O4/c1-14(2,3)11-15(9-18(11)13(20)21)7-5-10(6-8-15)16-17-12(19)22-4/h10-11,16H,5-9H2,1-4H3,(H,17,19)(H,20,21). The predicted octanol–water partition coefficient (Wildman–Crippen LogP) is 2.18. The van der Waals surface area contributed by atoms with Crippen molar-refractivity contribution in [1.82, 2.24) is 15.8 Å². The monoisotopic (exact) mass is 313 g/mol. The normalized spacial score (nSPS) is 31.5. The highest BCUT2D eigenvalue weighted by atomic mass is 16.5. The first-order valence-electron chi connectivity index (χ1n) is 7.79. The highest BCUT2D eigenvalue weighted by Crippen LogP contribution is 2.54. The Labute approximate surface area is 131 Å². The van der Waals surface area contributed by atoms with Crippen LogP contribution in [0.25, 0.3) is 0 Å². The molecule has 2 amide bonds. The molecule has 0 aromatic carbocycles. The van der Waals surface area contributed by atoms with E-state index in [1.807, 2.05) is 0 Å². The van der Waals surface area contributed by atoms with Crippen molar-refractivity contribution in [2.45, 2.75) is 58.5 Å². The summed E-state index contributed by atoms with van der Waals surface area (Å²) in [5, 5.41) is 9.36. The summed E-state index contributed by atoms with van der Waals surface area (Å²) in [5.74, 6) is 0. The van der Waals surface area contributed by atoms with Gasteiger partial charge in [0.15, 0.2) is 0 Å². The molecular weight excluding hydrogens is 286 g/mol. The lowest BCUT2D eigenvalue weighted by molar-refractivity contribution is -0.128. The first-order chi connectivity index (χ1) is 10.2. The maximum absolute atomic E-state index is 11.4. The van der Waals surface area contributed by atoms with E-state index < -0.39 is 12.2 Å². The zero-order valence-corrected chi connectivity index (χ0v) is 13.8. The van der Waals surface area contributed by atoms with Crippen molar-refractivity contribution in [3.63, 3.8) is 0 Å². The molecule has 1 spiro atoms. The van der Waals surface area contributed by atoms with Gasteiger partial charge in [-0.2, -0.15) is 0 Å². The zero-order valence-electron chi connectivity index (χ0n) is 13.8. The molecule has 1 saturated heterocycles. The van der Waals surface area contributed by atoms with E-state index in [4.69, 9.17) is 0 Å².